The summed E-state index contributed by atoms with van der Waals surface area (Å²) < 4.78 is 2.33. The molecule has 0 saturated carbocycles. The fourth-order valence-corrected chi connectivity index (χ4v) is 5.24. The highest BCUT2D eigenvalue weighted by molar-refractivity contribution is 7.12. The molecule has 2 aliphatic heterocycles. The standard InChI is InChI=1S/C19H26N4OS/c1-3-15-20-21-16-4-6-19(9-12-23(15)16)7-10-22(11-8-19)18(24)17-14(2)5-13-25-17/h5,13H,3-4,6-12H2,1-2H3. The number of nitrogens with zero attached hydrogens (tertiary/aromatic N) is 4. The summed E-state index contributed by atoms with van der Waals surface area (Å²) in [5.74, 6) is 2.50. The molecule has 1 fully saturated rings. The number of aryl methyl sites for hydroxylation is 3. The van der Waals surface area contributed by atoms with Gasteiger partial charge in [0.15, 0.2) is 0 Å². The summed E-state index contributed by atoms with van der Waals surface area (Å²) in [5.41, 5.74) is 1.47. The van der Waals surface area contributed by atoms with E-state index < -0.39 is 0 Å². The molecule has 25 heavy (non-hydrogen) atoms. The summed E-state index contributed by atoms with van der Waals surface area (Å²) in [6, 6.07) is 2.04. The van der Waals surface area contributed by atoms with Crippen molar-refractivity contribution in [1.29, 1.82) is 0 Å². The van der Waals surface area contributed by atoms with E-state index in [9.17, 15) is 4.79 Å². The highest BCUT2D eigenvalue weighted by Crippen LogP contribution is 2.42. The summed E-state index contributed by atoms with van der Waals surface area (Å²) in [6.07, 6.45) is 6.55. The lowest BCUT2D eigenvalue weighted by Gasteiger charge is -2.41. The van der Waals surface area contributed by atoms with E-state index in [4.69, 9.17) is 0 Å². The zero-order chi connectivity index (χ0) is 17.4. The molecule has 0 aliphatic carbocycles. The Hall–Kier alpha value is -1.69. The fourth-order valence-electron chi connectivity index (χ4n) is 4.35. The third-order valence-corrected chi connectivity index (χ3v) is 7.14. The predicted molar refractivity (Wildman–Crippen MR) is 99.0 cm³/mol. The average molecular weight is 359 g/mol. The van der Waals surface area contributed by atoms with Gasteiger partial charge >= 0.3 is 0 Å². The van der Waals surface area contributed by atoms with Gasteiger partial charge in [-0.25, -0.2) is 0 Å². The van der Waals surface area contributed by atoms with Crippen LogP contribution >= 0.6 is 11.3 Å². The Morgan fingerprint density at radius 1 is 1.20 bits per heavy atom. The van der Waals surface area contributed by atoms with Crippen LogP contribution in [0.25, 0.3) is 0 Å². The van der Waals surface area contributed by atoms with E-state index >= 15 is 0 Å². The molecule has 0 atom stereocenters. The number of likely N-dealkylation sites (tertiary alicyclic amines) is 1. The Balaban J connectivity index is 1.42. The van der Waals surface area contributed by atoms with Gasteiger partial charge in [-0.3, -0.25) is 4.79 Å². The van der Waals surface area contributed by atoms with Gasteiger partial charge in [0.2, 0.25) is 0 Å². The maximum atomic E-state index is 12.8. The molecule has 0 radical (unpaired) electrons. The molecule has 0 bridgehead atoms. The second-order valence-electron chi connectivity index (χ2n) is 7.51. The molecule has 0 aromatic carbocycles. The van der Waals surface area contributed by atoms with Crippen molar-refractivity contribution in [3.05, 3.63) is 33.5 Å². The molecule has 4 rings (SSSR count). The lowest BCUT2D eigenvalue weighted by molar-refractivity contribution is 0.0539. The summed E-state index contributed by atoms with van der Waals surface area (Å²) >= 11 is 1.57. The third kappa shape index (κ3) is 3.01. The lowest BCUT2D eigenvalue weighted by Crippen LogP contribution is -2.43. The molecule has 2 aliphatic rings. The molecule has 0 unspecified atom stereocenters. The monoisotopic (exact) mass is 358 g/mol. The number of hydrogen-bond donors (Lipinski definition) is 0. The van der Waals surface area contributed by atoms with Gasteiger partial charge in [0.05, 0.1) is 4.88 Å². The smallest absolute Gasteiger partial charge is 0.264 e. The van der Waals surface area contributed by atoms with Gasteiger partial charge in [-0.15, -0.1) is 21.5 Å². The number of thiophene rings is 1. The van der Waals surface area contributed by atoms with Crippen LogP contribution in [0.1, 0.15) is 59.5 Å². The number of carbonyl (C=O) groups is 1. The van der Waals surface area contributed by atoms with Crippen LogP contribution in [0.15, 0.2) is 11.4 Å². The second kappa shape index (κ2) is 6.56. The Morgan fingerprint density at radius 2 is 1.96 bits per heavy atom. The van der Waals surface area contributed by atoms with Crippen LogP contribution in [0.3, 0.4) is 0 Å². The van der Waals surface area contributed by atoms with Crippen LogP contribution in [0, 0.1) is 12.3 Å². The van der Waals surface area contributed by atoms with Crippen molar-refractivity contribution in [3.8, 4) is 0 Å². The van der Waals surface area contributed by atoms with Crippen LogP contribution in [-0.2, 0) is 19.4 Å². The van der Waals surface area contributed by atoms with Gasteiger partial charge < -0.3 is 9.47 Å². The molecule has 1 spiro atoms. The van der Waals surface area contributed by atoms with Gasteiger partial charge in [-0.2, -0.15) is 0 Å². The Morgan fingerprint density at radius 3 is 2.64 bits per heavy atom. The first-order chi connectivity index (χ1) is 12.1. The zero-order valence-electron chi connectivity index (χ0n) is 15.1. The SMILES string of the molecule is CCc1nnc2n1CCC1(CC2)CCN(C(=O)c2sccc2C)CC1. The van der Waals surface area contributed by atoms with E-state index in [1.807, 2.05) is 18.4 Å². The molecule has 2 aromatic heterocycles. The van der Waals surface area contributed by atoms with Gasteiger partial charge in [0.1, 0.15) is 11.6 Å². The predicted octanol–water partition coefficient (Wildman–Crippen LogP) is 3.47. The maximum Gasteiger partial charge on any atom is 0.264 e. The van der Waals surface area contributed by atoms with Gasteiger partial charge in [0, 0.05) is 32.5 Å². The van der Waals surface area contributed by atoms with Crippen molar-refractivity contribution in [3.63, 3.8) is 0 Å². The number of fused-ring (bicyclic) bond motifs is 1. The number of piperidine rings is 1. The number of aromatic nitrogens is 3. The molecule has 2 aromatic rings. The van der Waals surface area contributed by atoms with E-state index in [0.717, 1.165) is 67.4 Å². The normalized spacial score (nSPS) is 19.7. The Kier molecular flexibility index (Phi) is 4.40. The van der Waals surface area contributed by atoms with Gasteiger partial charge in [-0.1, -0.05) is 6.92 Å². The van der Waals surface area contributed by atoms with Crippen LogP contribution < -0.4 is 0 Å². The van der Waals surface area contributed by atoms with E-state index in [1.54, 1.807) is 11.3 Å². The molecule has 1 saturated heterocycles. The Bertz CT molecular complexity index is 770. The van der Waals surface area contributed by atoms with E-state index in [0.29, 0.717) is 5.41 Å². The summed E-state index contributed by atoms with van der Waals surface area (Å²) in [5, 5.41) is 10.7. The van der Waals surface area contributed by atoms with E-state index in [-0.39, 0.29) is 5.91 Å². The first-order valence-electron chi connectivity index (χ1n) is 9.36. The van der Waals surface area contributed by atoms with Crippen molar-refractivity contribution in [2.75, 3.05) is 13.1 Å². The molecular weight excluding hydrogens is 332 g/mol. The van der Waals surface area contributed by atoms with Gasteiger partial charge in [0.25, 0.3) is 5.91 Å². The highest BCUT2D eigenvalue weighted by Gasteiger charge is 2.38. The van der Waals surface area contributed by atoms with Crippen molar-refractivity contribution >= 4 is 17.2 Å². The van der Waals surface area contributed by atoms with Crippen LogP contribution in [0.5, 0.6) is 0 Å². The molecule has 6 heteroatoms. The largest absolute Gasteiger partial charge is 0.338 e. The van der Waals surface area contributed by atoms with Crippen LogP contribution in [0.4, 0.5) is 0 Å². The lowest BCUT2D eigenvalue weighted by atomic mass is 9.72. The van der Waals surface area contributed by atoms with Crippen LogP contribution in [-0.4, -0.2) is 38.7 Å². The first-order valence-corrected chi connectivity index (χ1v) is 10.2. The molecule has 1 amide bonds. The number of rotatable bonds is 2. The summed E-state index contributed by atoms with van der Waals surface area (Å²) in [4.78, 5) is 15.7. The first kappa shape index (κ1) is 16.8. The van der Waals surface area contributed by atoms with Crippen LogP contribution in [0.2, 0.25) is 0 Å². The number of hydrogen-bond acceptors (Lipinski definition) is 4. The molecule has 4 heterocycles. The van der Waals surface area contributed by atoms with Crippen molar-refractivity contribution in [2.45, 2.75) is 58.9 Å². The number of amides is 1. The quantitative estimate of drug-likeness (QED) is 0.826. The van der Waals surface area contributed by atoms with Crippen molar-refractivity contribution < 1.29 is 4.79 Å². The molecule has 5 nitrogen and oxygen atoms in total. The molecular formula is C19H26N4OS. The zero-order valence-corrected chi connectivity index (χ0v) is 15.9. The highest BCUT2D eigenvalue weighted by atomic mass is 32.1. The minimum Gasteiger partial charge on any atom is -0.338 e. The van der Waals surface area contributed by atoms with Crippen molar-refractivity contribution in [2.24, 2.45) is 5.41 Å². The van der Waals surface area contributed by atoms with E-state index in [2.05, 4.69) is 26.6 Å². The molecule has 0 N–H and O–H groups in total. The minimum atomic E-state index is 0.223. The second-order valence-corrected chi connectivity index (χ2v) is 8.43. The maximum absolute atomic E-state index is 12.8. The van der Waals surface area contributed by atoms with Crippen molar-refractivity contribution in [1.82, 2.24) is 19.7 Å². The summed E-state index contributed by atoms with van der Waals surface area (Å²) in [6.45, 7) is 6.98. The number of carbonyl (C=O) groups excluding carboxylic acids is 1. The van der Waals surface area contributed by atoms with E-state index in [1.165, 1.54) is 12.8 Å². The summed E-state index contributed by atoms with van der Waals surface area (Å²) in [7, 11) is 0. The molecule has 134 valence electrons. The van der Waals surface area contributed by atoms with Gasteiger partial charge in [-0.05, 0) is 55.0 Å². The minimum absolute atomic E-state index is 0.223. The topological polar surface area (TPSA) is 51.0 Å². The fraction of sp³-hybridized carbons (Fsp3) is 0.632. The Labute approximate surface area is 153 Å². The average Bonchev–Trinajstić information content (AvgIpc) is 3.20. The third-order valence-electron chi connectivity index (χ3n) is 6.13.